The van der Waals surface area contributed by atoms with Crippen LogP contribution >= 0.6 is 0 Å². The van der Waals surface area contributed by atoms with Crippen LogP contribution in [0.3, 0.4) is 0 Å². The molecule has 0 amide bonds. The van der Waals surface area contributed by atoms with Crippen molar-refractivity contribution in [2.24, 2.45) is 0 Å². The third-order valence-electron chi connectivity index (χ3n) is 1.66. The van der Waals surface area contributed by atoms with Crippen molar-refractivity contribution >= 4 is 0 Å². The van der Waals surface area contributed by atoms with Gasteiger partial charge in [-0.05, 0) is 19.3 Å². The van der Waals surface area contributed by atoms with Crippen molar-refractivity contribution in [3.8, 4) is 0 Å². The molecule has 0 aliphatic rings. The third kappa shape index (κ3) is 5.90. The normalized spacial score (nSPS) is 12.8. The zero-order valence-corrected chi connectivity index (χ0v) is 8.06. The Labute approximate surface area is 71.0 Å². The first-order valence-corrected chi connectivity index (χ1v) is 4.70. The molecule has 0 aromatic heterocycles. The number of unbranched alkanes of at least 4 members (excludes halogenated alkanes) is 1. The van der Waals surface area contributed by atoms with E-state index in [1.807, 2.05) is 0 Å². The highest BCUT2D eigenvalue weighted by atomic mass is 13.9. The van der Waals surface area contributed by atoms with Crippen LogP contribution in [-0.2, 0) is 0 Å². The standard InChI is InChI=1S/C11H20/c1-4-7-8-10-11(6-3)9-5-2/h8-10H,4-7H2,1-3H3/b10-8-,11-9-. The maximum atomic E-state index is 2.30. The maximum Gasteiger partial charge on any atom is -0.0311 e. The molecule has 0 aliphatic heterocycles. The minimum Gasteiger partial charge on any atom is -0.0843 e. The number of hydrogen-bond donors (Lipinski definition) is 0. The summed E-state index contributed by atoms with van der Waals surface area (Å²) in [5, 5.41) is 0. The fraction of sp³-hybridized carbons (Fsp3) is 0.636. The second-order valence-electron chi connectivity index (χ2n) is 2.73. The summed E-state index contributed by atoms with van der Waals surface area (Å²) in [7, 11) is 0. The van der Waals surface area contributed by atoms with Gasteiger partial charge in [-0.25, -0.2) is 0 Å². The summed E-state index contributed by atoms with van der Waals surface area (Å²) in [6.07, 6.45) is 11.6. The third-order valence-corrected chi connectivity index (χ3v) is 1.66. The van der Waals surface area contributed by atoms with E-state index < -0.39 is 0 Å². The summed E-state index contributed by atoms with van der Waals surface area (Å²) in [6, 6.07) is 0. The van der Waals surface area contributed by atoms with Gasteiger partial charge < -0.3 is 0 Å². The molecule has 0 radical (unpaired) electrons. The van der Waals surface area contributed by atoms with Crippen molar-refractivity contribution in [1.29, 1.82) is 0 Å². The molecule has 0 saturated heterocycles. The molecule has 0 heterocycles. The van der Waals surface area contributed by atoms with Gasteiger partial charge in [-0.2, -0.15) is 0 Å². The van der Waals surface area contributed by atoms with Gasteiger partial charge in [-0.1, -0.05) is 51.0 Å². The van der Waals surface area contributed by atoms with Crippen molar-refractivity contribution in [3.05, 3.63) is 23.8 Å². The van der Waals surface area contributed by atoms with E-state index in [0.29, 0.717) is 0 Å². The molecule has 0 fully saturated rings. The highest BCUT2D eigenvalue weighted by Gasteiger charge is 1.84. The Balaban J connectivity index is 3.76. The summed E-state index contributed by atoms with van der Waals surface area (Å²) in [5.74, 6) is 0. The lowest BCUT2D eigenvalue weighted by atomic mass is 10.1. The molecule has 0 aliphatic carbocycles. The van der Waals surface area contributed by atoms with E-state index in [9.17, 15) is 0 Å². The van der Waals surface area contributed by atoms with Gasteiger partial charge in [0.15, 0.2) is 0 Å². The molecule has 0 atom stereocenters. The number of rotatable bonds is 5. The predicted octanol–water partition coefficient (Wildman–Crippen LogP) is 4.09. The van der Waals surface area contributed by atoms with Crippen molar-refractivity contribution in [2.75, 3.05) is 0 Å². The van der Waals surface area contributed by atoms with E-state index in [-0.39, 0.29) is 0 Å². The highest BCUT2D eigenvalue weighted by molar-refractivity contribution is 5.17. The molecular weight excluding hydrogens is 132 g/mol. The first-order chi connectivity index (χ1) is 5.35. The molecule has 0 rings (SSSR count). The lowest BCUT2D eigenvalue weighted by molar-refractivity contribution is 0.954. The van der Waals surface area contributed by atoms with Crippen LogP contribution in [-0.4, -0.2) is 0 Å². The zero-order chi connectivity index (χ0) is 8.53. The second-order valence-corrected chi connectivity index (χ2v) is 2.73. The Kier molecular flexibility index (Phi) is 7.23. The Bertz CT molecular complexity index is 129. The largest absolute Gasteiger partial charge is 0.0843 e. The quantitative estimate of drug-likeness (QED) is 0.520. The average molecular weight is 152 g/mol. The lowest BCUT2D eigenvalue weighted by Gasteiger charge is -1.94. The minimum atomic E-state index is 1.15. The van der Waals surface area contributed by atoms with E-state index in [4.69, 9.17) is 0 Å². The average Bonchev–Trinajstić information content (AvgIpc) is 2.03. The maximum absolute atomic E-state index is 2.30. The Morgan fingerprint density at radius 1 is 1.18 bits per heavy atom. The fourth-order valence-electron chi connectivity index (χ4n) is 0.994. The fourth-order valence-corrected chi connectivity index (χ4v) is 0.994. The number of hydrogen-bond acceptors (Lipinski definition) is 0. The number of allylic oxidation sites excluding steroid dienone is 4. The summed E-state index contributed by atoms with van der Waals surface area (Å²) in [5.41, 5.74) is 1.47. The first kappa shape index (κ1) is 10.5. The van der Waals surface area contributed by atoms with Gasteiger partial charge in [0.2, 0.25) is 0 Å². The zero-order valence-electron chi connectivity index (χ0n) is 8.06. The lowest BCUT2D eigenvalue weighted by Crippen LogP contribution is -1.74. The summed E-state index contributed by atoms with van der Waals surface area (Å²) < 4.78 is 0. The molecule has 0 spiro atoms. The molecule has 0 bridgehead atoms. The Hall–Kier alpha value is -0.520. The molecule has 0 aromatic rings. The molecule has 0 nitrogen and oxygen atoms in total. The van der Waals surface area contributed by atoms with E-state index in [1.54, 1.807) is 0 Å². The van der Waals surface area contributed by atoms with Crippen molar-refractivity contribution in [2.45, 2.75) is 46.5 Å². The first-order valence-electron chi connectivity index (χ1n) is 4.70. The molecule has 0 aromatic carbocycles. The molecule has 0 N–H and O–H groups in total. The minimum absolute atomic E-state index is 1.15. The summed E-state index contributed by atoms with van der Waals surface area (Å²) in [6.45, 7) is 6.60. The van der Waals surface area contributed by atoms with Gasteiger partial charge in [-0.15, -0.1) is 0 Å². The van der Waals surface area contributed by atoms with Gasteiger partial charge in [-0.3, -0.25) is 0 Å². The van der Waals surface area contributed by atoms with Gasteiger partial charge in [0.05, 0.1) is 0 Å². The van der Waals surface area contributed by atoms with Crippen LogP contribution in [0, 0.1) is 0 Å². The van der Waals surface area contributed by atoms with Crippen molar-refractivity contribution in [1.82, 2.24) is 0 Å². The van der Waals surface area contributed by atoms with Gasteiger partial charge in [0.25, 0.3) is 0 Å². The summed E-state index contributed by atoms with van der Waals surface area (Å²) >= 11 is 0. The van der Waals surface area contributed by atoms with Crippen molar-refractivity contribution < 1.29 is 0 Å². The van der Waals surface area contributed by atoms with Crippen LogP contribution < -0.4 is 0 Å². The van der Waals surface area contributed by atoms with E-state index in [0.717, 1.165) is 12.8 Å². The molecule has 64 valence electrons. The molecule has 11 heavy (non-hydrogen) atoms. The molecule has 0 saturated carbocycles. The van der Waals surface area contributed by atoms with E-state index in [2.05, 4.69) is 39.0 Å². The smallest absolute Gasteiger partial charge is 0.0311 e. The van der Waals surface area contributed by atoms with Gasteiger partial charge in [0, 0.05) is 0 Å². The van der Waals surface area contributed by atoms with E-state index in [1.165, 1.54) is 18.4 Å². The second kappa shape index (κ2) is 7.59. The topological polar surface area (TPSA) is 0 Å². The summed E-state index contributed by atoms with van der Waals surface area (Å²) in [4.78, 5) is 0. The van der Waals surface area contributed by atoms with Crippen molar-refractivity contribution in [3.63, 3.8) is 0 Å². The Morgan fingerprint density at radius 3 is 2.36 bits per heavy atom. The highest BCUT2D eigenvalue weighted by Crippen LogP contribution is 2.04. The van der Waals surface area contributed by atoms with Crippen LogP contribution in [0.4, 0.5) is 0 Å². The Morgan fingerprint density at radius 2 is 1.91 bits per heavy atom. The van der Waals surface area contributed by atoms with Crippen LogP contribution in [0.1, 0.15) is 46.5 Å². The monoisotopic (exact) mass is 152 g/mol. The molecule has 0 heteroatoms. The predicted molar refractivity (Wildman–Crippen MR) is 52.7 cm³/mol. The molecule has 0 unspecified atom stereocenters. The van der Waals surface area contributed by atoms with Gasteiger partial charge in [0.1, 0.15) is 0 Å². The van der Waals surface area contributed by atoms with Crippen LogP contribution in [0.5, 0.6) is 0 Å². The SMILES string of the molecule is CC/C=C(\C=C/CCC)CC. The van der Waals surface area contributed by atoms with E-state index >= 15 is 0 Å². The van der Waals surface area contributed by atoms with Crippen LogP contribution in [0.15, 0.2) is 23.8 Å². The van der Waals surface area contributed by atoms with Crippen LogP contribution in [0.25, 0.3) is 0 Å². The molecular formula is C11H20. The van der Waals surface area contributed by atoms with Crippen LogP contribution in [0.2, 0.25) is 0 Å². The van der Waals surface area contributed by atoms with Gasteiger partial charge >= 0.3 is 0 Å².